The van der Waals surface area contributed by atoms with Gasteiger partial charge in [-0.1, -0.05) is 6.92 Å². The van der Waals surface area contributed by atoms with E-state index in [1.807, 2.05) is 18.4 Å². The minimum atomic E-state index is -0.494. The smallest absolute Gasteiger partial charge is 0.311 e. The molecule has 0 aliphatic carbocycles. The van der Waals surface area contributed by atoms with Gasteiger partial charge in [-0.2, -0.15) is 5.26 Å². The number of hydrogen-bond acceptors (Lipinski definition) is 4. The van der Waals surface area contributed by atoms with Crippen molar-refractivity contribution in [3.63, 3.8) is 0 Å². The molecule has 0 N–H and O–H groups in total. The number of benzene rings is 1. The van der Waals surface area contributed by atoms with E-state index in [9.17, 15) is 15.4 Å². The van der Waals surface area contributed by atoms with E-state index in [-0.39, 0.29) is 11.4 Å². The number of ether oxygens (including phenoxy) is 1. The van der Waals surface area contributed by atoms with Crippen molar-refractivity contribution >= 4 is 16.6 Å². The Morgan fingerprint density at radius 1 is 1.50 bits per heavy atom. The lowest BCUT2D eigenvalue weighted by atomic mass is 10.1. The number of nitro benzene ring substituents is 1. The van der Waals surface area contributed by atoms with E-state index in [2.05, 4.69) is 6.07 Å². The Balaban J connectivity index is 2.88. The Hall–Kier alpha value is -2.55. The Kier molecular flexibility index (Phi) is 3.61. The number of aryl methyl sites for hydroxylation is 1. The van der Waals surface area contributed by atoms with Crippen molar-refractivity contribution in [3.05, 3.63) is 33.5 Å². The zero-order chi connectivity index (χ0) is 14.9. The summed E-state index contributed by atoms with van der Waals surface area (Å²) in [7, 11) is 1.40. The minimum absolute atomic E-state index is 0.120. The molecule has 1 aromatic carbocycles. The first-order valence-corrected chi connectivity index (χ1v) is 6.30. The maximum Gasteiger partial charge on any atom is 0.311 e. The summed E-state index contributed by atoms with van der Waals surface area (Å²) >= 11 is 0. The number of hydrogen-bond donors (Lipinski definition) is 0. The SMILES string of the molecule is CCCn1c(C)c(C#N)c2cc([N+](=O)[O-])c(OC)cc21. The minimum Gasteiger partial charge on any atom is -0.490 e. The van der Waals surface area contributed by atoms with Gasteiger partial charge in [-0.05, 0) is 13.3 Å². The van der Waals surface area contributed by atoms with Crippen molar-refractivity contribution in [3.8, 4) is 11.8 Å². The Labute approximate surface area is 116 Å². The molecule has 2 aromatic rings. The number of nitriles is 1. The zero-order valence-electron chi connectivity index (χ0n) is 11.6. The van der Waals surface area contributed by atoms with Crippen LogP contribution in [-0.2, 0) is 6.54 Å². The van der Waals surface area contributed by atoms with Crippen LogP contribution in [-0.4, -0.2) is 16.6 Å². The maximum absolute atomic E-state index is 11.1. The van der Waals surface area contributed by atoms with E-state index in [4.69, 9.17) is 4.74 Å². The summed E-state index contributed by atoms with van der Waals surface area (Å²) in [6.45, 7) is 4.65. The van der Waals surface area contributed by atoms with Crippen LogP contribution in [0.3, 0.4) is 0 Å². The fourth-order valence-corrected chi connectivity index (χ4v) is 2.45. The van der Waals surface area contributed by atoms with E-state index in [0.717, 1.165) is 24.2 Å². The molecule has 2 rings (SSSR count). The van der Waals surface area contributed by atoms with Gasteiger partial charge in [-0.25, -0.2) is 0 Å². The van der Waals surface area contributed by atoms with Gasteiger partial charge in [0.2, 0.25) is 0 Å². The predicted octanol–water partition coefficient (Wildman–Crippen LogP) is 3.15. The number of nitro groups is 1. The molecule has 0 spiro atoms. The van der Waals surface area contributed by atoms with E-state index < -0.39 is 4.92 Å². The highest BCUT2D eigenvalue weighted by molar-refractivity contribution is 5.91. The van der Waals surface area contributed by atoms with Gasteiger partial charge < -0.3 is 9.30 Å². The number of nitrogens with zero attached hydrogens (tertiary/aromatic N) is 3. The highest BCUT2D eigenvalue weighted by Gasteiger charge is 2.21. The third-order valence-corrected chi connectivity index (χ3v) is 3.38. The topological polar surface area (TPSA) is 81.1 Å². The van der Waals surface area contributed by atoms with Crippen LogP contribution in [0.15, 0.2) is 12.1 Å². The fourth-order valence-electron chi connectivity index (χ4n) is 2.45. The van der Waals surface area contributed by atoms with Crippen LogP contribution in [0.2, 0.25) is 0 Å². The predicted molar refractivity (Wildman–Crippen MR) is 74.9 cm³/mol. The second kappa shape index (κ2) is 5.21. The number of rotatable bonds is 4. The van der Waals surface area contributed by atoms with E-state index in [1.165, 1.54) is 13.2 Å². The van der Waals surface area contributed by atoms with Crippen LogP contribution in [0.25, 0.3) is 10.9 Å². The van der Waals surface area contributed by atoms with Crippen molar-refractivity contribution in [1.82, 2.24) is 4.57 Å². The summed E-state index contributed by atoms with van der Waals surface area (Å²) in [4.78, 5) is 10.6. The normalized spacial score (nSPS) is 10.5. The lowest BCUT2D eigenvalue weighted by molar-refractivity contribution is -0.385. The third-order valence-electron chi connectivity index (χ3n) is 3.38. The Morgan fingerprint density at radius 2 is 2.20 bits per heavy atom. The Morgan fingerprint density at radius 3 is 2.70 bits per heavy atom. The van der Waals surface area contributed by atoms with Crippen molar-refractivity contribution in [2.24, 2.45) is 0 Å². The van der Waals surface area contributed by atoms with Crippen molar-refractivity contribution in [1.29, 1.82) is 5.26 Å². The average molecular weight is 273 g/mol. The first-order chi connectivity index (χ1) is 9.54. The molecule has 1 aromatic heterocycles. The molecule has 0 saturated carbocycles. The molecule has 20 heavy (non-hydrogen) atoms. The molecule has 0 amide bonds. The summed E-state index contributed by atoms with van der Waals surface area (Å²) in [6.07, 6.45) is 0.911. The van der Waals surface area contributed by atoms with E-state index in [1.54, 1.807) is 6.07 Å². The van der Waals surface area contributed by atoms with Crippen LogP contribution >= 0.6 is 0 Å². The monoisotopic (exact) mass is 273 g/mol. The molecule has 0 fully saturated rings. The largest absolute Gasteiger partial charge is 0.490 e. The van der Waals surface area contributed by atoms with E-state index >= 15 is 0 Å². The summed E-state index contributed by atoms with van der Waals surface area (Å²) < 4.78 is 7.09. The van der Waals surface area contributed by atoms with Gasteiger partial charge >= 0.3 is 5.69 Å². The Bertz CT molecular complexity index is 726. The first-order valence-electron chi connectivity index (χ1n) is 6.30. The molecule has 1 heterocycles. The third kappa shape index (κ3) is 1.97. The van der Waals surface area contributed by atoms with Crippen LogP contribution in [0.5, 0.6) is 5.75 Å². The summed E-state index contributed by atoms with van der Waals surface area (Å²) in [5, 5.41) is 21.0. The van der Waals surface area contributed by atoms with Gasteiger partial charge in [-0.3, -0.25) is 10.1 Å². The van der Waals surface area contributed by atoms with E-state index in [0.29, 0.717) is 10.9 Å². The van der Waals surface area contributed by atoms with Crippen LogP contribution in [0.1, 0.15) is 24.6 Å². The van der Waals surface area contributed by atoms with Gasteiger partial charge in [0.15, 0.2) is 5.75 Å². The van der Waals surface area contributed by atoms with Crippen molar-refractivity contribution < 1.29 is 9.66 Å². The molecule has 0 aliphatic rings. The highest BCUT2D eigenvalue weighted by Crippen LogP contribution is 2.36. The lowest BCUT2D eigenvalue weighted by Gasteiger charge is -2.07. The number of fused-ring (bicyclic) bond motifs is 1. The number of methoxy groups -OCH3 is 1. The second-order valence-corrected chi connectivity index (χ2v) is 4.52. The molecule has 0 unspecified atom stereocenters. The second-order valence-electron chi connectivity index (χ2n) is 4.52. The van der Waals surface area contributed by atoms with Crippen molar-refractivity contribution in [2.75, 3.05) is 7.11 Å². The quantitative estimate of drug-likeness (QED) is 0.633. The van der Waals surface area contributed by atoms with Crippen molar-refractivity contribution in [2.45, 2.75) is 26.8 Å². The molecule has 104 valence electrons. The molecular weight excluding hydrogens is 258 g/mol. The lowest BCUT2D eigenvalue weighted by Crippen LogP contribution is -2.00. The van der Waals surface area contributed by atoms with Gasteiger partial charge in [-0.15, -0.1) is 0 Å². The molecule has 0 saturated heterocycles. The molecular formula is C14H15N3O3. The maximum atomic E-state index is 11.1. The average Bonchev–Trinajstić information content (AvgIpc) is 2.69. The summed E-state index contributed by atoms with van der Waals surface area (Å²) in [6, 6.07) is 5.19. The van der Waals surface area contributed by atoms with Gasteiger partial charge in [0.1, 0.15) is 6.07 Å². The molecule has 6 nitrogen and oxygen atoms in total. The van der Waals surface area contributed by atoms with Crippen LogP contribution in [0, 0.1) is 28.4 Å². The fraction of sp³-hybridized carbons (Fsp3) is 0.357. The van der Waals surface area contributed by atoms with Gasteiger partial charge in [0.05, 0.1) is 23.1 Å². The van der Waals surface area contributed by atoms with Crippen LogP contribution < -0.4 is 4.74 Å². The molecule has 0 atom stereocenters. The standard InChI is InChI=1S/C14H15N3O3/c1-4-5-16-9(2)11(8-15)10-6-13(17(18)19)14(20-3)7-12(10)16/h6-7H,4-5H2,1-3H3. The summed E-state index contributed by atoms with van der Waals surface area (Å²) in [5.74, 6) is 0.210. The van der Waals surface area contributed by atoms with Crippen LogP contribution in [0.4, 0.5) is 5.69 Å². The number of aromatic nitrogens is 1. The van der Waals surface area contributed by atoms with Gasteiger partial charge in [0, 0.05) is 29.8 Å². The molecule has 0 aliphatic heterocycles. The molecule has 6 heteroatoms. The summed E-state index contributed by atoms with van der Waals surface area (Å²) in [5.41, 5.74) is 1.99. The zero-order valence-corrected chi connectivity index (χ0v) is 11.6. The molecule has 0 bridgehead atoms. The first kappa shape index (κ1) is 13.9. The highest BCUT2D eigenvalue weighted by atomic mass is 16.6. The van der Waals surface area contributed by atoms with Gasteiger partial charge in [0.25, 0.3) is 0 Å². The molecule has 0 radical (unpaired) electrons.